The Kier molecular flexibility index (Phi) is 3.59. The first-order valence-corrected chi connectivity index (χ1v) is 6.25. The van der Waals surface area contributed by atoms with Crippen molar-refractivity contribution < 1.29 is 9.66 Å². The highest BCUT2D eigenvalue weighted by Gasteiger charge is 2.49. The van der Waals surface area contributed by atoms with Crippen LogP contribution in [-0.2, 0) is 4.74 Å². The third kappa shape index (κ3) is 2.97. The Labute approximate surface area is 104 Å². The number of nitro groups is 1. The van der Waals surface area contributed by atoms with Gasteiger partial charge in [-0.25, -0.2) is 0 Å². The summed E-state index contributed by atoms with van der Waals surface area (Å²) < 4.78 is 5.92. The molecule has 0 saturated heterocycles. The summed E-state index contributed by atoms with van der Waals surface area (Å²) in [5.74, 6) is 0. The van der Waals surface area contributed by atoms with E-state index in [4.69, 9.17) is 4.74 Å². The highest BCUT2D eigenvalue weighted by atomic mass is 16.6. The van der Waals surface area contributed by atoms with E-state index in [-0.39, 0.29) is 28.5 Å². The Morgan fingerprint density at radius 2 is 1.65 bits per heavy atom. The molecule has 1 aliphatic carbocycles. The van der Waals surface area contributed by atoms with Gasteiger partial charge in [-0.1, -0.05) is 27.7 Å². The molecule has 0 spiro atoms. The summed E-state index contributed by atoms with van der Waals surface area (Å²) in [4.78, 5) is 10.6. The summed E-state index contributed by atoms with van der Waals surface area (Å²) in [6, 6.07) is 0. The molecule has 17 heavy (non-hydrogen) atoms. The second kappa shape index (κ2) is 4.23. The number of ether oxygens (including phenoxy) is 1. The summed E-state index contributed by atoms with van der Waals surface area (Å²) in [6.45, 7) is 12.1. The van der Waals surface area contributed by atoms with Crippen LogP contribution in [0.4, 0.5) is 0 Å². The van der Waals surface area contributed by atoms with Crippen molar-refractivity contribution in [2.75, 3.05) is 6.61 Å². The van der Waals surface area contributed by atoms with Crippen molar-refractivity contribution in [3.8, 4) is 0 Å². The first-order valence-electron chi connectivity index (χ1n) is 6.25. The monoisotopic (exact) mass is 243 g/mol. The van der Waals surface area contributed by atoms with Gasteiger partial charge >= 0.3 is 0 Å². The van der Waals surface area contributed by atoms with E-state index in [2.05, 4.69) is 27.7 Å². The normalized spacial score (nSPS) is 23.9. The number of hydrogen-bond acceptors (Lipinski definition) is 3. The van der Waals surface area contributed by atoms with E-state index in [9.17, 15) is 10.1 Å². The molecule has 1 rings (SSSR count). The lowest BCUT2D eigenvalue weighted by Crippen LogP contribution is -2.43. The van der Waals surface area contributed by atoms with E-state index >= 15 is 0 Å². The minimum atomic E-state index is -1.01. The molecule has 0 aliphatic heterocycles. The molecule has 0 aromatic carbocycles. The molecule has 1 fully saturated rings. The molecule has 1 aliphatic rings. The van der Waals surface area contributed by atoms with Crippen LogP contribution in [0.2, 0.25) is 0 Å². The van der Waals surface area contributed by atoms with Gasteiger partial charge in [-0.2, -0.15) is 0 Å². The fourth-order valence-corrected chi connectivity index (χ4v) is 2.76. The lowest BCUT2D eigenvalue weighted by Gasteiger charge is -2.36. The molecular formula is C13H25NO3. The Morgan fingerprint density at radius 3 is 2.00 bits per heavy atom. The van der Waals surface area contributed by atoms with Gasteiger partial charge in [0.2, 0.25) is 5.54 Å². The molecule has 0 unspecified atom stereocenters. The fourth-order valence-electron chi connectivity index (χ4n) is 2.76. The molecule has 4 nitrogen and oxygen atoms in total. The zero-order chi connectivity index (χ0) is 13.5. The molecule has 0 atom stereocenters. The SMILES string of the molecule is CC1(C)CCC(C)(C)C1OCC(C)(C)[N+](=O)[O-]. The minimum Gasteiger partial charge on any atom is -0.370 e. The maximum absolute atomic E-state index is 10.9. The maximum Gasteiger partial charge on any atom is 0.239 e. The number of nitrogens with zero attached hydrogens (tertiary/aromatic N) is 1. The van der Waals surface area contributed by atoms with Crippen LogP contribution in [0, 0.1) is 20.9 Å². The van der Waals surface area contributed by atoms with E-state index < -0.39 is 5.54 Å². The van der Waals surface area contributed by atoms with Gasteiger partial charge in [0.1, 0.15) is 6.61 Å². The first-order chi connectivity index (χ1) is 7.49. The molecule has 1 saturated carbocycles. The van der Waals surface area contributed by atoms with Crippen molar-refractivity contribution in [1.29, 1.82) is 0 Å². The molecule has 0 aromatic rings. The van der Waals surface area contributed by atoms with Crippen LogP contribution in [0.5, 0.6) is 0 Å². The summed E-state index contributed by atoms with van der Waals surface area (Å²) >= 11 is 0. The summed E-state index contributed by atoms with van der Waals surface area (Å²) in [5.41, 5.74) is -0.791. The molecule has 0 aromatic heterocycles. The summed E-state index contributed by atoms with van der Waals surface area (Å²) in [5, 5.41) is 10.9. The molecule has 0 radical (unpaired) electrons. The maximum atomic E-state index is 10.9. The molecule has 0 amide bonds. The standard InChI is InChI=1S/C13H25NO3/c1-11(2)7-8-12(3,4)10(11)17-9-13(5,6)14(15)16/h10H,7-9H2,1-6H3. The quantitative estimate of drug-likeness (QED) is 0.562. The smallest absolute Gasteiger partial charge is 0.239 e. The predicted octanol–water partition coefficient (Wildman–Crippen LogP) is 3.27. The summed E-state index contributed by atoms with van der Waals surface area (Å²) in [6.07, 6.45) is 2.32. The van der Waals surface area contributed by atoms with Gasteiger partial charge in [0.15, 0.2) is 0 Å². The molecule has 100 valence electrons. The number of hydrogen-bond donors (Lipinski definition) is 0. The van der Waals surface area contributed by atoms with Crippen molar-refractivity contribution in [3.05, 3.63) is 10.1 Å². The molecule has 0 N–H and O–H groups in total. The van der Waals surface area contributed by atoms with Crippen LogP contribution >= 0.6 is 0 Å². The Balaban J connectivity index is 2.71. The van der Waals surface area contributed by atoms with Gasteiger partial charge in [0.25, 0.3) is 0 Å². The highest BCUT2D eigenvalue weighted by Crippen LogP contribution is 2.50. The predicted molar refractivity (Wildman–Crippen MR) is 67.6 cm³/mol. The van der Waals surface area contributed by atoms with Crippen LogP contribution in [0.25, 0.3) is 0 Å². The summed E-state index contributed by atoms with van der Waals surface area (Å²) in [7, 11) is 0. The number of rotatable bonds is 4. The van der Waals surface area contributed by atoms with Gasteiger partial charge in [0.05, 0.1) is 6.10 Å². The highest BCUT2D eigenvalue weighted by molar-refractivity contribution is 4.98. The van der Waals surface area contributed by atoms with Crippen LogP contribution in [0.15, 0.2) is 0 Å². The Morgan fingerprint density at radius 1 is 1.24 bits per heavy atom. The van der Waals surface area contributed by atoms with Crippen molar-refractivity contribution >= 4 is 0 Å². The van der Waals surface area contributed by atoms with Gasteiger partial charge in [-0.15, -0.1) is 0 Å². The molecule has 4 heteroatoms. The second-order valence-corrected chi connectivity index (χ2v) is 7.24. The van der Waals surface area contributed by atoms with Gasteiger partial charge in [0, 0.05) is 18.8 Å². The van der Waals surface area contributed by atoms with E-state index in [0.29, 0.717) is 0 Å². The fraction of sp³-hybridized carbons (Fsp3) is 1.00. The van der Waals surface area contributed by atoms with Crippen LogP contribution in [-0.4, -0.2) is 23.2 Å². The van der Waals surface area contributed by atoms with Crippen LogP contribution in [0.3, 0.4) is 0 Å². The third-order valence-corrected chi connectivity index (χ3v) is 3.93. The van der Waals surface area contributed by atoms with Crippen molar-refractivity contribution in [3.63, 3.8) is 0 Å². The zero-order valence-electron chi connectivity index (χ0n) is 11.9. The van der Waals surface area contributed by atoms with E-state index in [0.717, 1.165) is 12.8 Å². The lowest BCUT2D eigenvalue weighted by molar-refractivity contribution is -0.565. The Hall–Kier alpha value is -0.640. The topological polar surface area (TPSA) is 52.4 Å². The van der Waals surface area contributed by atoms with Crippen molar-refractivity contribution in [1.82, 2.24) is 0 Å². The van der Waals surface area contributed by atoms with E-state index in [1.807, 2.05) is 0 Å². The average molecular weight is 243 g/mol. The lowest BCUT2D eigenvalue weighted by atomic mass is 9.81. The largest absolute Gasteiger partial charge is 0.370 e. The minimum absolute atomic E-state index is 0.0919. The first kappa shape index (κ1) is 14.4. The third-order valence-electron chi connectivity index (χ3n) is 3.93. The van der Waals surface area contributed by atoms with Crippen molar-refractivity contribution in [2.45, 2.75) is 66.0 Å². The molecular weight excluding hydrogens is 218 g/mol. The van der Waals surface area contributed by atoms with Crippen molar-refractivity contribution in [2.24, 2.45) is 10.8 Å². The van der Waals surface area contributed by atoms with Gasteiger partial charge in [-0.3, -0.25) is 10.1 Å². The van der Waals surface area contributed by atoms with Crippen LogP contribution < -0.4 is 0 Å². The molecule has 0 bridgehead atoms. The zero-order valence-corrected chi connectivity index (χ0v) is 11.9. The van der Waals surface area contributed by atoms with Gasteiger partial charge < -0.3 is 4.74 Å². The van der Waals surface area contributed by atoms with E-state index in [1.54, 1.807) is 13.8 Å². The Bertz CT molecular complexity index is 292. The second-order valence-electron chi connectivity index (χ2n) is 7.24. The average Bonchev–Trinajstić information content (AvgIpc) is 2.34. The van der Waals surface area contributed by atoms with E-state index in [1.165, 1.54) is 0 Å². The van der Waals surface area contributed by atoms with Gasteiger partial charge in [-0.05, 0) is 23.7 Å². The van der Waals surface area contributed by atoms with Crippen LogP contribution in [0.1, 0.15) is 54.4 Å². The molecule has 0 heterocycles.